The molecule has 0 aromatic heterocycles. The molecule has 15 heteroatoms. The summed E-state index contributed by atoms with van der Waals surface area (Å²) in [5.41, 5.74) is 2.57. The third-order valence-electron chi connectivity index (χ3n) is 13.6. The van der Waals surface area contributed by atoms with Crippen molar-refractivity contribution in [3.63, 3.8) is 0 Å². The molecule has 2 amide bonds. The number of benzene rings is 2. The Balaban J connectivity index is 1.54. The lowest BCUT2D eigenvalue weighted by atomic mass is 9.55. The normalized spacial score (nSPS) is 22.1. The number of unbranched alkanes of at least 4 members (excludes halogenated alkanes) is 11. The number of rotatable bonds is 29. The Morgan fingerprint density at radius 1 is 0.957 bits per heavy atom. The molecule has 0 saturated heterocycles. The number of aliphatic hydroxyl groups is 2. The molecule has 0 bridgehead atoms. The Kier molecular flexibility index (Phi) is 21.8. The van der Waals surface area contributed by atoms with Crippen molar-refractivity contribution in [1.82, 2.24) is 10.2 Å². The number of carbonyl (C=O) groups excluding carboxylic acids is 2. The summed E-state index contributed by atoms with van der Waals surface area (Å²) in [5.74, 6) is -1.60. The van der Waals surface area contributed by atoms with Crippen LogP contribution in [-0.2, 0) is 20.9 Å². The van der Waals surface area contributed by atoms with Gasteiger partial charge in [0.25, 0.3) is 5.69 Å². The molecule has 2 aliphatic carbocycles. The highest BCUT2D eigenvalue weighted by Gasteiger charge is 2.65. The van der Waals surface area contributed by atoms with E-state index in [1.54, 1.807) is 31.3 Å². The Bertz CT molecular complexity index is 2020. The lowest BCUT2D eigenvalue weighted by Gasteiger charge is -2.59. The summed E-state index contributed by atoms with van der Waals surface area (Å²) in [5, 5.41) is 39.0. The first-order valence-electron chi connectivity index (χ1n) is 25.6. The topological polar surface area (TPSA) is 192 Å². The van der Waals surface area contributed by atoms with Gasteiger partial charge in [0.05, 0.1) is 29.8 Å². The molecule has 0 unspecified atom stereocenters. The zero-order valence-electron chi connectivity index (χ0n) is 42.0. The van der Waals surface area contributed by atoms with E-state index in [1.165, 1.54) is 62.0 Å². The first-order chi connectivity index (χ1) is 33.3. The van der Waals surface area contributed by atoms with E-state index in [-0.39, 0.29) is 68.3 Å². The van der Waals surface area contributed by atoms with E-state index in [2.05, 4.69) is 24.9 Å². The first kappa shape index (κ1) is 54.9. The number of nitrogens with one attached hydrogen (secondary N) is 1. The van der Waals surface area contributed by atoms with Crippen molar-refractivity contribution < 1.29 is 48.5 Å². The van der Waals surface area contributed by atoms with Gasteiger partial charge in [-0.25, -0.2) is 9.59 Å². The quantitative estimate of drug-likeness (QED) is 0.0304. The van der Waals surface area contributed by atoms with E-state index < -0.39 is 34.9 Å². The largest absolute Gasteiger partial charge is 0.459 e. The predicted molar refractivity (Wildman–Crippen MR) is 267 cm³/mol. The molecule has 3 aliphatic rings. The van der Waals surface area contributed by atoms with Gasteiger partial charge in [-0.2, -0.15) is 0 Å². The number of oxime groups is 1. The average Bonchev–Trinajstić information content (AvgIpc) is 3.32. The molecule has 69 heavy (non-hydrogen) atoms. The second kappa shape index (κ2) is 27.4. The van der Waals surface area contributed by atoms with Gasteiger partial charge in [0.2, 0.25) is 5.79 Å². The highest BCUT2D eigenvalue weighted by Crippen LogP contribution is 2.62. The van der Waals surface area contributed by atoms with Crippen LogP contribution in [0.1, 0.15) is 154 Å². The highest BCUT2D eigenvalue weighted by atomic mass is 16.7. The van der Waals surface area contributed by atoms with Crippen LogP contribution in [0.3, 0.4) is 0 Å². The number of allylic oxidation sites excluding steroid dienone is 1. The number of ether oxygens (including phenoxy) is 4. The molecule has 1 aliphatic heterocycles. The predicted octanol–water partition coefficient (Wildman–Crippen LogP) is 11.6. The van der Waals surface area contributed by atoms with Gasteiger partial charge in [-0.05, 0) is 90.8 Å². The fraction of sp³-hybridized carbons (Fsp3) is 0.648. The number of hydrogen-bond donors (Lipinski definition) is 3. The maximum Gasteiger partial charge on any atom is 0.412 e. The van der Waals surface area contributed by atoms with Gasteiger partial charge in [0.15, 0.2) is 0 Å². The zero-order chi connectivity index (χ0) is 49.8. The average molecular weight is 961 g/mol. The molecular formula is C54H80N4O11. The second-order valence-electron chi connectivity index (χ2n) is 20.2. The molecule has 382 valence electrons. The van der Waals surface area contributed by atoms with E-state index in [0.717, 1.165) is 56.1 Å². The molecule has 1 fully saturated rings. The lowest BCUT2D eigenvalue weighted by Crippen LogP contribution is -2.69. The van der Waals surface area contributed by atoms with E-state index in [1.807, 2.05) is 32.9 Å². The number of non-ortho nitro benzene ring substituents is 1. The van der Waals surface area contributed by atoms with Crippen LogP contribution in [-0.4, -0.2) is 89.8 Å². The van der Waals surface area contributed by atoms with Gasteiger partial charge in [-0.3, -0.25) is 10.1 Å². The van der Waals surface area contributed by atoms with Gasteiger partial charge in [0.1, 0.15) is 24.1 Å². The minimum absolute atomic E-state index is 0.0191. The fourth-order valence-corrected chi connectivity index (χ4v) is 10.1. The summed E-state index contributed by atoms with van der Waals surface area (Å²) >= 11 is 0. The van der Waals surface area contributed by atoms with E-state index in [0.29, 0.717) is 42.2 Å². The van der Waals surface area contributed by atoms with Gasteiger partial charge in [0, 0.05) is 56.8 Å². The van der Waals surface area contributed by atoms with Crippen LogP contribution in [0.4, 0.5) is 15.3 Å². The Morgan fingerprint density at radius 3 is 2.26 bits per heavy atom. The molecular weight excluding hydrogens is 881 g/mol. The number of nitro benzene ring substituents is 1. The molecule has 6 atom stereocenters. The van der Waals surface area contributed by atoms with E-state index in [9.17, 15) is 29.9 Å². The summed E-state index contributed by atoms with van der Waals surface area (Å²) < 4.78 is 26.1. The van der Waals surface area contributed by atoms with Crippen LogP contribution in [0.15, 0.2) is 71.9 Å². The Labute approximate surface area is 410 Å². The van der Waals surface area contributed by atoms with Crippen LogP contribution < -0.4 is 14.8 Å². The number of likely N-dealkylation sites (N-methyl/N-ethyl adjacent to an activating group) is 1. The van der Waals surface area contributed by atoms with Gasteiger partial charge < -0.3 is 44.2 Å². The van der Waals surface area contributed by atoms with E-state index >= 15 is 0 Å². The van der Waals surface area contributed by atoms with Crippen LogP contribution in [0.5, 0.6) is 11.5 Å². The molecule has 3 N–H and O–H groups in total. The van der Waals surface area contributed by atoms with Gasteiger partial charge in [-0.15, -0.1) is 6.58 Å². The Hall–Kier alpha value is -4.99. The number of carbonyl (C=O) groups is 2. The van der Waals surface area contributed by atoms with Gasteiger partial charge in [-0.1, -0.05) is 116 Å². The molecule has 2 aromatic rings. The van der Waals surface area contributed by atoms with E-state index in [4.69, 9.17) is 28.9 Å². The first-order valence-corrected chi connectivity index (χ1v) is 25.6. The third kappa shape index (κ3) is 15.5. The zero-order valence-corrected chi connectivity index (χ0v) is 42.0. The summed E-state index contributed by atoms with van der Waals surface area (Å²) in [6.45, 7) is 13.1. The molecule has 0 spiro atoms. The maximum atomic E-state index is 14.2. The number of amides is 2. The van der Waals surface area contributed by atoms with Gasteiger partial charge >= 0.3 is 12.2 Å². The summed E-state index contributed by atoms with van der Waals surface area (Å²) in [6, 6.07) is 10.7. The van der Waals surface area contributed by atoms with Crippen molar-refractivity contribution in [2.24, 2.45) is 28.3 Å². The number of nitro groups is 1. The summed E-state index contributed by atoms with van der Waals surface area (Å²) in [6.07, 6.45) is 19.1. The van der Waals surface area contributed by atoms with Crippen molar-refractivity contribution in [1.29, 1.82) is 0 Å². The van der Waals surface area contributed by atoms with Crippen molar-refractivity contribution in [2.75, 3.05) is 40.0 Å². The fourth-order valence-electron chi connectivity index (χ4n) is 10.1. The highest BCUT2D eigenvalue weighted by molar-refractivity contribution is 6.03. The number of fused-ring (bicyclic) bond motifs is 2. The third-order valence-corrected chi connectivity index (χ3v) is 13.6. The maximum absolute atomic E-state index is 14.2. The molecule has 1 saturated carbocycles. The summed E-state index contributed by atoms with van der Waals surface area (Å²) in [7, 11) is 1.68. The molecule has 2 aromatic carbocycles. The molecule has 15 nitrogen and oxygen atoms in total. The van der Waals surface area contributed by atoms with Crippen molar-refractivity contribution in [3.05, 3.63) is 88.0 Å². The van der Waals surface area contributed by atoms with Crippen LogP contribution in [0.2, 0.25) is 0 Å². The molecule has 0 radical (unpaired) electrons. The SMILES string of the molecule is C=CCO[C@@]12Oc3ccc(OC(=O)NCCCCCCCCCCCC)cc3[C@H]3[C@H](CCCCO)[C@@H](CCCCO)C=C(C(=NOCc4ccc([N+](=O)[O-])cc4)C[C@@H]1N(C)C(=O)OCC(C)(C)C)[C@H]32. The van der Waals surface area contributed by atoms with Crippen molar-refractivity contribution in [2.45, 2.75) is 161 Å². The lowest BCUT2D eigenvalue weighted by molar-refractivity contribution is -0.384. The second-order valence-corrected chi connectivity index (χ2v) is 20.2. The minimum Gasteiger partial charge on any atom is -0.459 e. The smallest absolute Gasteiger partial charge is 0.412 e. The van der Waals surface area contributed by atoms with Crippen LogP contribution in [0.25, 0.3) is 0 Å². The Morgan fingerprint density at radius 2 is 1.62 bits per heavy atom. The van der Waals surface area contributed by atoms with Crippen LogP contribution >= 0.6 is 0 Å². The minimum atomic E-state index is -1.50. The van der Waals surface area contributed by atoms with Crippen LogP contribution in [0, 0.1) is 33.3 Å². The standard InChI is InChI=1S/C54H80N4O11/c1-7-9-10-11-12-13-14-15-16-19-30-55-51(61)68-42-28-29-47-45(35-42)49-43(23-18-21-32-60)40(22-17-20-31-59)34-44-46(56-67-37-39-24-26-41(27-25-39)58(63)64)36-48(54(69-47,50(44)49)66-33-8-2)57(6)52(62)65-38-53(3,4)5/h8,24-29,34-35,40,43,48-50,59-60H,2,7,9-23,30-33,36-38H2,1,3-6H3,(H,55,61)/t40-,43+,48-,49+,50+,54+/m0/s1. The van der Waals surface area contributed by atoms with Crippen molar-refractivity contribution in [3.8, 4) is 11.5 Å². The molecule has 5 rings (SSSR count). The number of nitrogens with zero attached hydrogens (tertiary/aromatic N) is 3. The molecule has 1 heterocycles. The monoisotopic (exact) mass is 961 g/mol. The number of aliphatic hydroxyl groups excluding tert-OH is 2. The summed E-state index contributed by atoms with van der Waals surface area (Å²) in [4.78, 5) is 46.0. The van der Waals surface area contributed by atoms with Crippen molar-refractivity contribution >= 4 is 23.6 Å². The number of hydrogen-bond acceptors (Lipinski definition) is 12.